The molecule has 2 rings (SSSR count). The van der Waals surface area contributed by atoms with Crippen LogP contribution in [0, 0.1) is 0 Å². The number of hydrogen-bond donors (Lipinski definition) is 1. The van der Waals surface area contributed by atoms with Crippen LogP contribution in [-0.4, -0.2) is 23.2 Å². The number of thioether (sulfide) groups is 1. The Morgan fingerprint density at radius 1 is 1.53 bits per heavy atom. The second-order valence-corrected chi connectivity index (χ2v) is 5.58. The fraction of sp³-hybridized carbons (Fsp3) is 0.167. The molecule has 5 heteroatoms. The molecule has 0 radical (unpaired) electrons. The molecule has 1 amide bonds. The van der Waals surface area contributed by atoms with Crippen molar-refractivity contribution < 1.29 is 4.79 Å². The molecule has 17 heavy (non-hydrogen) atoms. The van der Waals surface area contributed by atoms with Crippen LogP contribution in [0.5, 0.6) is 0 Å². The van der Waals surface area contributed by atoms with E-state index in [0.29, 0.717) is 12.3 Å². The minimum Gasteiger partial charge on any atom is -0.352 e. The van der Waals surface area contributed by atoms with Crippen LogP contribution < -0.4 is 5.32 Å². The maximum absolute atomic E-state index is 11.4. The number of amides is 1. The molecule has 0 saturated carbocycles. The molecule has 0 fully saturated rings. The van der Waals surface area contributed by atoms with E-state index in [1.54, 1.807) is 17.4 Å². The highest BCUT2D eigenvalue weighted by molar-refractivity contribution is 8.01. The van der Waals surface area contributed by atoms with Gasteiger partial charge < -0.3 is 5.32 Å². The standard InChI is InChI=1S/C12H12N2OS2/c1-2-7-13-11(15)8-16-12-14-9-5-3-4-6-10(9)17-12/h2-6H,1,7-8H2,(H,13,15). The van der Waals surface area contributed by atoms with E-state index in [4.69, 9.17) is 0 Å². The maximum atomic E-state index is 11.4. The Kier molecular flexibility index (Phi) is 4.17. The Labute approximate surface area is 108 Å². The van der Waals surface area contributed by atoms with Crippen molar-refractivity contribution in [2.75, 3.05) is 12.3 Å². The van der Waals surface area contributed by atoms with Crippen LogP contribution in [0.4, 0.5) is 0 Å². The molecule has 88 valence electrons. The van der Waals surface area contributed by atoms with Gasteiger partial charge in [0, 0.05) is 6.54 Å². The Bertz CT molecular complexity index is 503. The molecule has 1 aromatic heterocycles. The number of carbonyl (C=O) groups is 1. The van der Waals surface area contributed by atoms with E-state index in [-0.39, 0.29) is 5.91 Å². The van der Waals surface area contributed by atoms with E-state index in [2.05, 4.69) is 16.9 Å². The van der Waals surface area contributed by atoms with Crippen LogP contribution in [-0.2, 0) is 4.79 Å². The number of aromatic nitrogens is 1. The van der Waals surface area contributed by atoms with Crippen molar-refractivity contribution in [2.24, 2.45) is 0 Å². The van der Waals surface area contributed by atoms with Crippen LogP contribution >= 0.6 is 23.1 Å². The van der Waals surface area contributed by atoms with Gasteiger partial charge in [-0.2, -0.15) is 0 Å². The smallest absolute Gasteiger partial charge is 0.230 e. The van der Waals surface area contributed by atoms with Gasteiger partial charge in [0.05, 0.1) is 16.0 Å². The molecular weight excluding hydrogens is 252 g/mol. The van der Waals surface area contributed by atoms with Crippen molar-refractivity contribution in [1.82, 2.24) is 10.3 Å². The third-order valence-electron chi connectivity index (χ3n) is 2.04. The summed E-state index contributed by atoms with van der Waals surface area (Å²) < 4.78 is 2.08. The summed E-state index contributed by atoms with van der Waals surface area (Å²) in [4.78, 5) is 15.8. The minimum atomic E-state index is 0.00848. The molecule has 0 spiro atoms. The lowest BCUT2D eigenvalue weighted by Crippen LogP contribution is -2.24. The Hall–Kier alpha value is -1.33. The minimum absolute atomic E-state index is 0.00848. The second-order valence-electron chi connectivity index (χ2n) is 3.33. The molecule has 2 aromatic rings. The van der Waals surface area contributed by atoms with Gasteiger partial charge in [-0.15, -0.1) is 17.9 Å². The number of thiazole rings is 1. The van der Waals surface area contributed by atoms with Crippen LogP contribution in [0.25, 0.3) is 10.2 Å². The summed E-state index contributed by atoms with van der Waals surface area (Å²) in [5, 5.41) is 2.74. The first kappa shape index (κ1) is 12.1. The topological polar surface area (TPSA) is 42.0 Å². The number of carbonyl (C=O) groups excluding carboxylic acids is 1. The number of nitrogens with one attached hydrogen (secondary N) is 1. The molecular formula is C12H12N2OS2. The van der Waals surface area contributed by atoms with Gasteiger partial charge in [-0.3, -0.25) is 4.79 Å². The molecule has 1 aromatic carbocycles. The van der Waals surface area contributed by atoms with E-state index in [1.165, 1.54) is 11.8 Å². The molecule has 0 bridgehead atoms. The fourth-order valence-corrected chi connectivity index (χ4v) is 3.18. The Balaban J connectivity index is 1.94. The average Bonchev–Trinajstić information content (AvgIpc) is 2.76. The lowest BCUT2D eigenvalue weighted by atomic mass is 10.3. The molecule has 0 atom stereocenters. The summed E-state index contributed by atoms with van der Waals surface area (Å²) in [5.41, 5.74) is 0.992. The van der Waals surface area contributed by atoms with Gasteiger partial charge in [-0.25, -0.2) is 4.98 Å². The molecule has 3 nitrogen and oxygen atoms in total. The zero-order chi connectivity index (χ0) is 12.1. The number of rotatable bonds is 5. The first-order valence-electron chi connectivity index (χ1n) is 5.15. The number of nitrogens with zero attached hydrogens (tertiary/aromatic N) is 1. The summed E-state index contributed by atoms with van der Waals surface area (Å²) in [6.45, 7) is 4.06. The summed E-state index contributed by atoms with van der Waals surface area (Å²) in [5.74, 6) is 0.405. The summed E-state index contributed by atoms with van der Waals surface area (Å²) >= 11 is 3.08. The van der Waals surface area contributed by atoms with E-state index < -0.39 is 0 Å². The van der Waals surface area contributed by atoms with Gasteiger partial charge in [0.2, 0.25) is 5.91 Å². The van der Waals surface area contributed by atoms with Crippen molar-refractivity contribution in [2.45, 2.75) is 4.34 Å². The molecule has 0 unspecified atom stereocenters. The number of para-hydroxylation sites is 1. The largest absolute Gasteiger partial charge is 0.352 e. The monoisotopic (exact) mass is 264 g/mol. The molecule has 0 aliphatic carbocycles. The van der Waals surface area contributed by atoms with Gasteiger partial charge in [0.1, 0.15) is 0 Å². The Morgan fingerprint density at radius 3 is 3.12 bits per heavy atom. The van der Waals surface area contributed by atoms with E-state index >= 15 is 0 Å². The van der Waals surface area contributed by atoms with Crippen molar-refractivity contribution in [3.63, 3.8) is 0 Å². The summed E-state index contributed by atoms with van der Waals surface area (Å²) in [6.07, 6.45) is 1.67. The quantitative estimate of drug-likeness (QED) is 0.667. The third kappa shape index (κ3) is 3.31. The van der Waals surface area contributed by atoms with Gasteiger partial charge in [0.25, 0.3) is 0 Å². The lowest BCUT2D eigenvalue weighted by molar-refractivity contribution is -0.118. The first-order valence-corrected chi connectivity index (χ1v) is 6.96. The van der Waals surface area contributed by atoms with E-state index in [1.807, 2.05) is 24.3 Å². The second kappa shape index (κ2) is 5.84. The van der Waals surface area contributed by atoms with E-state index in [9.17, 15) is 4.79 Å². The van der Waals surface area contributed by atoms with Gasteiger partial charge in [-0.1, -0.05) is 30.0 Å². The highest BCUT2D eigenvalue weighted by Gasteiger charge is 2.06. The van der Waals surface area contributed by atoms with Crippen molar-refractivity contribution in [3.8, 4) is 0 Å². The number of fused-ring (bicyclic) bond motifs is 1. The highest BCUT2D eigenvalue weighted by Crippen LogP contribution is 2.28. The Morgan fingerprint density at radius 2 is 2.35 bits per heavy atom. The molecule has 1 heterocycles. The summed E-state index contributed by atoms with van der Waals surface area (Å²) in [6, 6.07) is 7.97. The van der Waals surface area contributed by atoms with Crippen molar-refractivity contribution in [3.05, 3.63) is 36.9 Å². The van der Waals surface area contributed by atoms with Crippen LogP contribution in [0.1, 0.15) is 0 Å². The van der Waals surface area contributed by atoms with Crippen LogP contribution in [0.2, 0.25) is 0 Å². The van der Waals surface area contributed by atoms with E-state index in [0.717, 1.165) is 14.6 Å². The van der Waals surface area contributed by atoms with Gasteiger partial charge in [-0.05, 0) is 12.1 Å². The predicted octanol–water partition coefficient (Wildman–Crippen LogP) is 2.69. The summed E-state index contributed by atoms with van der Waals surface area (Å²) in [7, 11) is 0. The zero-order valence-electron chi connectivity index (χ0n) is 9.18. The van der Waals surface area contributed by atoms with Gasteiger partial charge in [0.15, 0.2) is 4.34 Å². The maximum Gasteiger partial charge on any atom is 0.230 e. The number of hydrogen-bond acceptors (Lipinski definition) is 4. The normalized spacial score (nSPS) is 10.4. The molecule has 1 N–H and O–H groups in total. The highest BCUT2D eigenvalue weighted by atomic mass is 32.2. The predicted molar refractivity (Wildman–Crippen MR) is 73.6 cm³/mol. The fourth-order valence-electron chi connectivity index (χ4n) is 1.28. The van der Waals surface area contributed by atoms with Crippen LogP contribution in [0.3, 0.4) is 0 Å². The number of benzene rings is 1. The molecule has 0 saturated heterocycles. The lowest BCUT2D eigenvalue weighted by Gasteiger charge is -1.99. The first-order chi connectivity index (χ1) is 8.29. The SMILES string of the molecule is C=CCNC(=O)CSc1nc2ccccc2s1. The molecule has 0 aliphatic rings. The zero-order valence-corrected chi connectivity index (χ0v) is 10.8. The van der Waals surface area contributed by atoms with Gasteiger partial charge >= 0.3 is 0 Å². The van der Waals surface area contributed by atoms with Crippen molar-refractivity contribution in [1.29, 1.82) is 0 Å². The third-order valence-corrected chi connectivity index (χ3v) is 4.22. The molecule has 0 aliphatic heterocycles. The average molecular weight is 264 g/mol. The van der Waals surface area contributed by atoms with Crippen LogP contribution in [0.15, 0.2) is 41.3 Å². The van der Waals surface area contributed by atoms with Crippen molar-refractivity contribution >= 4 is 39.2 Å².